The van der Waals surface area contributed by atoms with Gasteiger partial charge in [-0.1, -0.05) is 84.9 Å². The number of hydrogen-bond acceptors (Lipinski definition) is 1. The second kappa shape index (κ2) is 8.49. The molecule has 0 fully saturated rings. The van der Waals surface area contributed by atoms with Crippen molar-refractivity contribution in [3.63, 3.8) is 0 Å². The molecular formula is C34H26N3. The number of para-hydroxylation sites is 4. The van der Waals surface area contributed by atoms with Gasteiger partial charge in [0.05, 0.1) is 28.0 Å². The van der Waals surface area contributed by atoms with Crippen LogP contribution in [0.3, 0.4) is 0 Å². The molecule has 0 saturated carbocycles. The fourth-order valence-corrected chi connectivity index (χ4v) is 5.55. The van der Waals surface area contributed by atoms with E-state index in [0.29, 0.717) is 0 Å². The predicted octanol–water partition coefficient (Wildman–Crippen LogP) is 8.07. The Labute approximate surface area is 216 Å². The summed E-state index contributed by atoms with van der Waals surface area (Å²) in [7, 11) is 0. The first-order valence-corrected chi connectivity index (χ1v) is 12.7. The number of aryl methyl sites for hydroxylation is 2. The minimum atomic E-state index is 0.928. The quantitative estimate of drug-likeness (QED) is 0.236. The van der Waals surface area contributed by atoms with Crippen LogP contribution in [0.15, 0.2) is 121 Å². The molecule has 2 heterocycles. The van der Waals surface area contributed by atoms with E-state index < -0.39 is 0 Å². The maximum absolute atomic E-state index is 5.03. The maximum Gasteiger partial charge on any atom is 0.220 e. The molecule has 0 unspecified atom stereocenters. The Hall–Kier alpha value is -4.63. The molecule has 37 heavy (non-hydrogen) atoms. The first kappa shape index (κ1) is 21.6. The van der Waals surface area contributed by atoms with Crippen molar-refractivity contribution < 1.29 is 0 Å². The molecular weight excluding hydrogens is 450 g/mol. The highest BCUT2D eigenvalue weighted by Crippen LogP contribution is 2.36. The van der Waals surface area contributed by atoms with E-state index >= 15 is 0 Å². The number of nitrogens with zero attached hydrogens (tertiary/aromatic N) is 3. The van der Waals surface area contributed by atoms with E-state index in [2.05, 4.69) is 138 Å². The SMILES string of the molecule is Cc1ccccc1[C](c1ccc(-n2c3ccccc3n3c4ccccc4nc23)cc1)c1ccccc1C. The van der Waals surface area contributed by atoms with Crippen molar-refractivity contribution in [2.45, 2.75) is 13.8 Å². The largest absolute Gasteiger partial charge is 0.278 e. The minimum Gasteiger partial charge on any atom is -0.278 e. The molecule has 0 aliphatic rings. The molecule has 3 nitrogen and oxygen atoms in total. The van der Waals surface area contributed by atoms with Crippen LogP contribution in [-0.4, -0.2) is 14.0 Å². The molecule has 7 aromatic rings. The molecule has 0 atom stereocenters. The zero-order valence-electron chi connectivity index (χ0n) is 20.9. The number of aromatic nitrogens is 3. The molecule has 0 aliphatic carbocycles. The van der Waals surface area contributed by atoms with Gasteiger partial charge in [0.1, 0.15) is 0 Å². The Balaban J connectivity index is 1.43. The van der Waals surface area contributed by atoms with Crippen LogP contribution in [0, 0.1) is 19.8 Å². The van der Waals surface area contributed by atoms with E-state index in [0.717, 1.165) is 33.5 Å². The first-order chi connectivity index (χ1) is 18.2. The zero-order chi connectivity index (χ0) is 24.9. The molecule has 1 radical (unpaired) electrons. The van der Waals surface area contributed by atoms with Gasteiger partial charge < -0.3 is 0 Å². The number of benzene rings is 5. The fourth-order valence-electron chi connectivity index (χ4n) is 5.55. The molecule has 0 amide bonds. The van der Waals surface area contributed by atoms with E-state index in [4.69, 9.17) is 4.98 Å². The summed E-state index contributed by atoms with van der Waals surface area (Å²) in [6.45, 7) is 4.38. The van der Waals surface area contributed by atoms with Crippen LogP contribution >= 0.6 is 0 Å². The van der Waals surface area contributed by atoms with Gasteiger partial charge in [-0.3, -0.25) is 8.97 Å². The normalized spacial score (nSPS) is 11.8. The first-order valence-electron chi connectivity index (χ1n) is 12.7. The Bertz CT molecular complexity index is 1860. The molecule has 0 N–H and O–H groups in total. The highest BCUT2D eigenvalue weighted by molar-refractivity contribution is 5.92. The average Bonchev–Trinajstić information content (AvgIpc) is 3.46. The zero-order valence-corrected chi connectivity index (χ0v) is 20.9. The van der Waals surface area contributed by atoms with Crippen molar-refractivity contribution in [1.82, 2.24) is 14.0 Å². The molecule has 0 aliphatic heterocycles. The van der Waals surface area contributed by atoms with Gasteiger partial charge in [0, 0.05) is 5.69 Å². The molecule has 0 saturated heterocycles. The third-order valence-electron chi connectivity index (χ3n) is 7.35. The Morgan fingerprint density at radius 3 is 1.73 bits per heavy atom. The summed E-state index contributed by atoms with van der Waals surface area (Å²) in [6, 6.07) is 43.1. The molecule has 177 valence electrons. The van der Waals surface area contributed by atoms with Gasteiger partial charge in [-0.15, -0.1) is 0 Å². The maximum atomic E-state index is 5.03. The van der Waals surface area contributed by atoms with Crippen LogP contribution in [0.4, 0.5) is 0 Å². The number of hydrogen-bond donors (Lipinski definition) is 0. The monoisotopic (exact) mass is 476 g/mol. The minimum absolute atomic E-state index is 0.928. The van der Waals surface area contributed by atoms with Crippen molar-refractivity contribution in [3.05, 3.63) is 155 Å². The Morgan fingerprint density at radius 1 is 0.541 bits per heavy atom. The predicted molar refractivity (Wildman–Crippen MR) is 152 cm³/mol. The van der Waals surface area contributed by atoms with Gasteiger partial charge in [0.25, 0.3) is 0 Å². The van der Waals surface area contributed by atoms with Crippen LogP contribution in [0.25, 0.3) is 33.5 Å². The van der Waals surface area contributed by atoms with Crippen molar-refractivity contribution in [2.75, 3.05) is 0 Å². The summed E-state index contributed by atoms with van der Waals surface area (Å²) in [5.74, 6) is 2.19. The molecule has 3 heteroatoms. The molecule has 0 bridgehead atoms. The summed E-state index contributed by atoms with van der Waals surface area (Å²) in [5.41, 5.74) is 11.8. The Morgan fingerprint density at radius 2 is 1.08 bits per heavy atom. The lowest BCUT2D eigenvalue weighted by Gasteiger charge is -2.22. The third kappa shape index (κ3) is 3.39. The van der Waals surface area contributed by atoms with E-state index in [9.17, 15) is 0 Å². The topological polar surface area (TPSA) is 22.2 Å². The van der Waals surface area contributed by atoms with E-state index in [-0.39, 0.29) is 0 Å². The fraction of sp³-hybridized carbons (Fsp3) is 0.0588. The summed E-state index contributed by atoms with van der Waals surface area (Å²) in [6.07, 6.45) is 0. The van der Waals surface area contributed by atoms with Crippen LogP contribution in [0.5, 0.6) is 0 Å². The van der Waals surface area contributed by atoms with Gasteiger partial charge in [-0.05, 0) is 78.1 Å². The van der Waals surface area contributed by atoms with Crippen molar-refractivity contribution >= 4 is 27.8 Å². The highest BCUT2D eigenvalue weighted by Gasteiger charge is 2.22. The summed E-state index contributed by atoms with van der Waals surface area (Å²) < 4.78 is 4.52. The summed E-state index contributed by atoms with van der Waals surface area (Å²) in [4.78, 5) is 5.03. The van der Waals surface area contributed by atoms with Crippen molar-refractivity contribution in [2.24, 2.45) is 0 Å². The van der Waals surface area contributed by atoms with Gasteiger partial charge in [-0.2, -0.15) is 0 Å². The van der Waals surface area contributed by atoms with E-state index in [1.54, 1.807) is 0 Å². The second-order valence-corrected chi connectivity index (χ2v) is 9.61. The van der Waals surface area contributed by atoms with E-state index in [1.165, 1.54) is 33.7 Å². The molecule has 5 aromatic carbocycles. The summed E-state index contributed by atoms with van der Waals surface area (Å²) >= 11 is 0. The van der Waals surface area contributed by atoms with Crippen LogP contribution in [0.1, 0.15) is 27.8 Å². The molecule has 2 aromatic heterocycles. The standard InChI is InChI=1S/C34H26N3/c1-23-11-3-5-13-27(23)33(28-14-6-4-12-24(28)2)25-19-21-26(22-20-25)36-31-17-9-10-18-32(31)37-30-16-8-7-15-29(30)35-34(36)37/h3-22H,1-2H3. The number of fused-ring (bicyclic) bond motifs is 5. The number of imidazole rings is 2. The second-order valence-electron chi connectivity index (χ2n) is 9.61. The third-order valence-corrected chi connectivity index (χ3v) is 7.35. The van der Waals surface area contributed by atoms with Gasteiger partial charge >= 0.3 is 0 Å². The summed E-state index contributed by atoms with van der Waals surface area (Å²) in [5, 5.41) is 0. The van der Waals surface area contributed by atoms with Crippen LogP contribution < -0.4 is 0 Å². The molecule has 0 spiro atoms. The van der Waals surface area contributed by atoms with Crippen molar-refractivity contribution in [3.8, 4) is 5.69 Å². The Kier molecular flexibility index (Phi) is 4.97. The van der Waals surface area contributed by atoms with Crippen LogP contribution in [-0.2, 0) is 0 Å². The number of rotatable bonds is 4. The van der Waals surface area contributed by atoms with Gasteiger partial charge in [0.2, 0.25) is 5.78 Å². The van der Waals surface area contributed by atoms with Gasteiger partial charge in [-0.25, -0.2) is 4.98 Å². The smallest absolute Gasteiger partial charge is 0.220 e. The highest BCUT2D eigenvalue weighted by atomic mass is 15.2. The molecule has 7 rings (SSSR count). The average molecular weight is 477 g/mol. The lowest BCUT2D eigenvalue weighted by Crippen LogP contribution is -2.08. The van der Waals surface area contributed by atoms with Gasteiger partial charge in [0.15, 0.2) is 0 Å². The lowest BCUT2D eigenvalue weighted by atomic mass is 9.81. The van der Waals surface area contributed by atoms with Crippen LogP contribution in [0.2, 0.25) is 0 Å². The lowest BCUT2D eigenvalue weighted by molar-refractivity contribution is 1.10. The van der Waals surface area contributed by atoms with Crippen molar-refractivity contribution in [1.29, 1.82) is 0 Å². The van der Waals surface area contributed by atoms with E-state index in [1.807, 2.05) is 6.07 Å².